The van der Waals surface area contributed by atoms with Crippen molar-refractivity contribution >= 4 is 23.0 Å². The van der Waals surface area contributed by atoms with E-state index in [1.165, 1.54) is 30.6 Å². The van der Waals surface area contributed by atoms with Gasteiger partial charge in [-0.2, -0.15) is 0 Å². The van der Waals surface area contributed by atoms with Crippen LogP contribution in [0.4, 0.5) is 27.4 Å². The summed E-state index contributed by atoms with van der Waals surface area (Å²) in [6, 6.07) is 5.85. The summed E-state index contributed by atoms with van der Waals surface area (Å²) in [6.07, 6.45) is 4.43. The molecule has 7 nitrogen and oxygen atoms in total. The second-order valence-electron chi connectivity index (χ2n) is 9.13. The minimum absolute atomic E-state index is 0.118. The van der Waals surface area contributed by atoms with Gasteiger partial charge in [-0.05, 0) is 54.4 Å². The summed E-state index contributed by atoms with van der Waals surface area (Å²) in [5.41, 5.74) is 0.710. The number of fused-ring (bicyclic) bond motifs is 2. The Balaban J connectivity index is 1.72. The first-order chi connectivity index (χ1) is 13.2. The third kappa shape index (κ3) is 3.39. The Morgan fingerprint density at radius 2 is 1.93 bits per heavy atom. The average Bonchev–Trinajstić information content (AvgIpc) is 2.85. The number of rotatable bonds is 4. The number of hydrogen-bond donors (Lipinski definition) is 1. The van der Waals surface area contributed by atoms with E-state index in [9.17, 15) is 14.5 Å². The lowest BCUT2D eigenvalue weighted by Crippen LogP contribution is -2.35. The molecule has 2 aromatic rings. The van der Waals surface area contributed by atoms with Crippen LogP contribution < -0.4 is 10.2 Å². The van der Waals surface area contributed by atoms with Gasteiger partial charge in [0.2, 0.25) is 11.6 Å². The molecule has 4 rings (SSSR count). The number of nitrogens with one attached hydrogen (secondary N) is 1. The summed E-state index contributed by atoms with van der Waals surface area (Å²) < 4.78 is 13.2. The second-order valence-corrected chi connectivity index (χ2v) is 9.13. The third-order valence-corrected chi connectivity index (χ3v) is 5.78. The fourth-order valence-electron chi connectivity index (χ4n) is 5.22. The third-order valence-electron chi connectivity index (χ3n) is 5.78. The summed E-state index contributed by atoms with van der Waals surface area (Å²) in [4.78, 5) is 22.0. The molecule has 1 N–H and O–H groups in total. The molecule has 1 aliphatic heterocycles. The van der Waals surface area contributed by atoms with Crippen molar-refractivity contribution in [2.24, 2.45) is 10.8 Å². The smallest absolute Gasteiger partial charge is 0.347 e. The van der Waals surface area contributed by atoms with Crippen LogP contribution >= 0.6 is 0 Å². The number of aromatic nitrogens is 2. The molecule has 1 saturated heterocycles. The van der Waals surface area contributed by atoms with E-state index in [1.807, 2.05) is 0 Å². The molecule has 2 unspecified atom stereocenters. The fourth-order valence-corrected chi connectivity index (χ4v) is 5.22. The van der Waals surface area contributed by atoms with Crippen LogP contribution in [-0.4, -0.2) is 27.5 Å². The van der Waals surface area contributed by atoms with Crippen LogP contribution in [0.1, 0.15) is 40.0 Å². The molecule has 0 amide bonds. The lowest BCUT2D eigenvalue weighted by molar-refractivity contribution is -0.383. The Bertz CT molecular complexity index is 917. The predicted molar refractivity (Wildman–Crippen MR) is 105 cm³/mol. The minimum Gasteiger partial charge on any atom is -0.347 e. The van der Waals surface area contributed by atoms with Crippen molar-refractivity contribution in [1.29, 1.82) is 0 Å². The van der Waals surface area contributed by atoms with Gasteiger partial charge in [-0.25, -0.2) is 14.4 Å². The maximum atomic E-state index is 13.2. The SMILES string of the molecule is CC1(C)CC2CC(C)(CN2c2ncnc(Nc3ccc(F)cc3)c2[N+](=O)[O-])C1. The molecule has 28 heavy (non-hydrogen) atoms. The van der Waals surface area contributed by atoms with Gasteiger partial charge in [-0.1, -0.05) is 20.8 Å². The quantitative estimate of drug-likeness (QED) is 0.608. The second kappa shape index (κ2) is 6.39. The van der Waals surface area contributed by atoms with E-state index in [4.69, 9.17) is 0 Å². The molecule has 2 heterocycles. The predicted octanol–water partition coefficient (Wildman–Crippen LogP) is 4.67. The summed E-state index contributed by atoms with van der Waals surface area (Å²) in [6.45, 7) is 7.52. The van der Waals surface area contributed by atoms with Gasteiger partial charge in [0.1, 0.15) is 12.1 Å². The van der Waals surface area contributed by atoms with Crippen molar-refractivity contribution in [2.45, 2.75) is 46.1 Å². The molecule has 8 heteroatoms. The van der Waals surface area contributed by atoms with Gasteiger partial charge < -0.3 is 10.2 Å². The van der Waals surface area contributed by atoms with E-state index in [0.29, 0.717) is 11.5 Å². The maximum Gasteiger partial charge on any atom is 0.353 e. The molecule has 1 aromatic heterocycles. The Hall–Kier alpha value is -2.77. The summed E-state index contributed by atoms with van der Waals surface area (Å²) >= 11 is 0. The lowest BCUT2D eigenvalue weighted by atomic mass is 9.65. The highest BCUT2D eigenvalue weighted by atomic mass is 19.1. The van der Waals surface area contributed by atoms with Crippen LogP contribution in [0.5, 0.6) is 0 Å². The van der Waals surface area contributed by atoms with Crippen molar-refractivity contribution < 1.29 is 9.31 Å². The molecule has 2 aliphatic rings. The minimum atomic E-state index is -0.434. The highest BCUT2D eigenvalue weighted by Gasteiger charge is 2.51. The van der Waals surface area contributed by atoms with Crippen LogP contribution in [0.2, 0.25) is 0 Å². The van der Waals surface area contributed by atoms with Crippen LogP contribution in [0, 0.1) is 26.8 Å². The summed E-state index contributed by atoms with van der Waals surface area (Å²) in [5, 5.41) is 14.9. The molecular weight excluding hydrogens is 361 g/mol. The number of hydrogen-bond acceptors (Lipinski definition) is 6. The summed E-state index contributed by atoms with van der Waals surface area (Å²) in [7, 11) is 0. The average molecular weight is 385 g/mol. The van der Waals surface area contributed by atoms with Gasteiger partial charge in [-0.3, -0.25) is 10.1 Å². The summed E-state index contributed by atoms with van der Waals surface area (Å²) in [5.74, 6) is 0.104. The monoisotopic (exact) mass is 385 g/mol. The topological polar surface area (TPSA) is 84.2 Å². The van der Waals surface area contributed by atoms with Crippen LogP contribution in [-0.2, 0) is 0 Å². The standard InChI is InChI=1S/C20H24FN5O2/c1-19(2)8-15-9-20(3,10-19)11-25(15)18-16(26(27)28)17(22-12-23-18)24-14-6-4-13(21)5-7-14/h4-7,12,15H,8-11H2,1-3H3,(H,22,23,24). The van der Waals surface area contributed by atoms with E-state index in [0.717, 1.165) is 25.8 Å². The van der Waals surface area contributed by atoms with Crippen molar-refractivity contribution in [3.8, 4) is 0 Å². The van der Waals surface area contributed by atoms with E-state index in [2.05, 4.69) is 41.0 Å². The molecule has 2 bridgehead atoms. The van der Waals surface area contributed by atoms with Crippen LogP contribution in [0.15, 0.2) is 30.6 Å². The first-order valence-electron chi connectivity index (χ1n) is 9.45. The van der Waals surface area contributed by atoms with E-state index < -0.39 is 4.92 Å². The van der Waals surface area contributed by atoms with E-state index >= 15 is 0 Å². The molecule has 1 aliphatic carbocycles. The van der Waals surface area contributed by atoms with Gasteiger partial charge in [0.05, 0.1) is 4.92 Å². The van der Waals surface area contributed by atoms with Gasteiger partial charge in [0, 0.05) is 18.3 Å². The highest BCUT2D eigenvalue weighted by molar-refractivity contribution is 5.75. The van der Waals surface area contributed by atoms with E-state index in [-0.39, 0.29) is 34.2 Å². The molecular formula is C20H24FN5O2. The Labute approximate surface area is 163 Å². The first kappa shape index (κ1) is 18.6. The maximum absolute atomic E-state index is 13.2. The van der Waals surface area contributed by atoms with Gasteiger partial charge in [0.15, 0.2) is 0 Å². The normalized spacial score (nSPS) is 25.6. The lowest BCUT2D eigenvalue weighted by Gasteiger charge is -2.39. The van der Waals surface area contributed by atoms with Crippen LogP contribution in [0.3, 0.4) is 0 Å². The molecule has 1 saturated carbocycles. The zero-order chi connectivity index (χ0) is 20.1. The van der Waals surface area contributed by atoms with Crippen molar-refractivity contribution in [1.82, 2.24) is 9.97 Å². The van der Waals surface area contributed by atoms with Gasteiger partial charge >= 0.3 is 5.69 Å². The number of nitro groups is 1. The number of benzene rings is 1. The zero-order valence-electron chi connectivity index (χ0n) is 16.3. The highest BCUT2D eigenvalue weighted by Crippen LogP contribution is 2.54. The molecule has 0 radical (unpaired) electrons. The molecule has 2 fully saturated rings. The molecule has 2 atom stereocenters. The fraction of sp³-hybridized carbons (Fsp3) is 0.500. The molecule has 1 aromatic carbocycles. The Morgan fingerprint density at radius 3 is 2.61 bits per heavy atom. The Morgan fingerprint density at radius 1 is 1.21 bits per heavy atom. The van der Waals surface area contributed by atoms with Crippen LogP contribution in [0.25, 0.3) is 0 Å². The number of anilines is 3. The van der Waals surface area contributed by atoms with Gasteiger partial charge in [-0.15, -0.1) is 0 Å². The number of halogens is 1. The van der Waals surface area contributed by atoms with E-state index in [1.54, 1.807) is 0 Å². The molecule has 148 valence electrons. The Kier molecular flexibility index (Phi) is 4.24. The molecule has 0 spiro atoms. The largest absolute Gasteiger partial charge is 0.353 e. The zero-order valence-corrected chi connectivity index (χ0v) is 16.3. The van der Waals surface area contributed by atoms with Crippen molar-refractivity contribution in [3.63, 3.8) is 0 Å². The number of nitrogens with zero attached hydrogens (tertiary/aromatic N) is 4. The van der Waals surface area contributed by atoms with Crippen molar-refractivity contribution in [3.05, 3.63) is 46.5 Å². The van der Waals surface area contributed by atoms with Gasteiger partial charge in [0.25, 0.3) is 0 Å². The van der Waals surface area contributed by atoms with Crippen molar-refractivity contribution in [2.75, 3.05) is 16.8 Å². The first-order valence-corrected chi connectivity index (χ1v) is 9.45.